The minimum Gasteiger partial charge on any atom is -0.496 e. The van der Waals surface area contributed by atoms with Crippen LogP contribution in [0.5, 0.6) is 11.5 Å². The second kappa shape index (κ2) is 13.3. The molecule has 40 heavy (non-hydrogen) atoms. The predicted molar refractivity (Wildman–Crippen MR) is 164 cm³/mol. The maximum Gasteiger partial charge on any atom is 0.409 e. The predicted octanol–water partition coefficient (Wildman–Crippen LogP) is 7.96. The van der Waals surface area contributed by atoms with E-state index < -0.39 is 14.4 Å². The maximum absolute atomic E-state index is 12.7. The summed E-state index contributed by atoms with van der Waals surface area (Å²) in [7, 11) is -0.368. The van der Waals surface area contributed by atoms with Gasteiger partial charge in [-0.15, -0.1) is 0 Å². The third-order valence-corrected chi connectivity index (χ3v) is 12.0. The Balaban J connectivity index is 1.63. The van der Waals surface area contributed by atoms with Crippen molar-refractivity contribution in [2.45, 2.75) is 64.8 Å². The SMILES string of the molecule is COc1cc(NC(=O)CCCc2ccc(-c3ccccc3)c(OC(N)=O)c2)c(Cl)cc1CO[Si](C)(C)C(C)(C)C. The molecule has 2 amide bonds. The molecule has 0 saturated carbocycles. The van der Waals surface area contributed by atoms with Crippen LogP contribution in [-0.4, -0.2) is 27.4 Å². The maximum atomic E-state index is 12.7. The quantitative estimate of drug-likeness (QED) is 0.223. The molecule has 3 rings (SSSR count). The average molecular weight is 583 g/mol. The number of nitrogens with two attached hydrogens (primary N) is 1. The van der Waals surface area contributed by atoms with Crippen molar-refractivity contribution in [3.63, 3.8) is 0 Å². The lowest BCUT2D eigenvalue weighted by molar-refractivity contribution is -0.116. The summed E-state index contributed by atoms with van der Waals surface area (Å²) in [5, 5.41) is 3.40. The Morgan fingerprint density at radius 1 is 1.00 bits per heavy atom. The molecule has 214 valence electrons. The van der Waals surface area contributed by atoms with Crippen molar-refractivity contribution in [1.82, 2.24) is 0 Å². The number of anilines is 1. The van der Waals surface area contributed by atoms with E-state index >= 15 is 0 Å². The molecular weight excluding hydrogens is 544 g/mol. The number of primary amides is 1. The summed E-state index contributed by atoms with van der Waals surface area (Å²) >= 11 is 6.53. The summed E-state index contributed by atoms with van der Waals surface area (Å²) in [6, 6.07) is 18.8. The van der Waals surface area contributed by atoms with E-state index in [2.05, 4.69) is 39.2 Å². The van der Waals surface area contributed by atoms with Crippen molar-refractivity contribution in [2.24, 2.45) is 5.73 Å². The first-order valence-corrected chi connectivity index (χ1v) is 16.5. The largest absolute Gasteiger partial charge is 0.496 e. The number of carbonyl (C=O) groups is 2. The topological polar surface area (TPSA) is 99.9 Å². The summed E-state index contributed by atoms with van der Waals surface area (Å²) < 4.78 is 17.2. The van der Waals surface area contributed by atoms with Gasteiger partial charge in [-0.3, -0.25) is 4.79 Å². The fourth-order valence-corrected chi connectivity index (χ4v) is 5.09. The molecule has 0 spiro atoms. The molecule has 0 atom stereocenters. The molecule has 0 radical (unpaired) electrons. The van der Waals surface area contributed by atoms with E-state index in [4.69, 9.17) is 31.2 Å². The van der Waals surface area contributed by atoms with Crippen LogP contribution in [0.3, 0.4) is 0 Å². The fraction of sp³-hybridized carbons (Fsp3) is 0.355. The van der Waals surface area contributed by atoms with Crippen LogP contribution in [0.4, 0.5) is 10.5 Å². The summed E-state index contributed by atoms with van der Waals surface area (Å²) in [5.74, 6) is 0.833. The van der Waals surface area contributed by atoms with Crippen molar-refractivity contribution in [2.75, 3.05) is 12.4 Å². The third kappa shape index (κ3) is 8.33. The van der Waals surface area contributed by atoms with E-state index in [0.717, 1.165) is 22.3 Å². The Kier molecular flexibility index (Phi) is 10.4. The molecule has 7 nitrogen and oxygen atoms in total. The molecule has 3 aromatic rings. The second-order valence-electron chi connectivity index (χ2n) is 11.2. The van der Waals surface area contributed by atoms with Crippen molar-refractivity contribution in [3.8, 4) is 22.6 Å². The highest BCUT2D eigenvalue weighted by molar-refractivity contribution is 6.74. The number of hydrogen-bond acceptors (Lipinski definition) is 5. The van der Waals surface area contributed by atoms with Crippen molar-refractivity contribution < 1.29 is 23.5 Å². The summed E-state index contributed by atoms with van der Waals surface area (Å²) in [6.07, 6.45) is 0.595. The Labute approximate surface area is 243 Å². The average Bonchev–Trinajstić information content (AvgIpc) is 2.88. The molecular formula is C31H39ClN2O5Si. The number of amides is 2. The number of benzene rings is 3. The van der Waals surface area contributed by atoms with Gasteiger partial charge in [0.1, 0.15) is 11.5 Å². The molecule has 9 heteroatoms. The van der Waals surface area contributed by atoms with Gasteiger partial charge in [-0.05, 0) is 54.2 Å². The Morgan fingerprint density at radius 2 is 1.70 bits per heavy atom. The zero-order valence-corrected chi connectivity index (χ0v) is 25.9. The van der Waals surface area contributed by atoms with Gasteiger partial charge in [-0.25, -0.2) is 4.79 Å². The van der Waals surface area contributed by atoms with Gasteiger partial charge >= 0.3 is 6.09 Å². The first kappa shape index (κ1) is 31.2. The molecule has 0 aromatic heterocycles. The molecule has 0 unspecified atom stereocenters. The number of rotatable bonds is 11. The zero-order chi connectivity index (χ0) is 29.5. The van der Waals surface area contributed by atoms with Crippen LogP contribution < -0.4 is 20.5 Å². The van der Waals surface area contributed by atoms with Crippen LogP contribution in [0.15, 0.2) is 60.7 Å². The van der Waals surface area contributed by atoms with E-state index in [-0.39, 0.29) is 17.4 Å². The van der Waals surface area contributed by atoms with Gasteiger partial charge in [0.15, 0.2) is 8.32 Å². The second-order valence-corrected chi connectivity index (χ2v) is 16.4. The number of halogens is 1. The standard InChI is InChI=1S/C31H39ClN2O5Si/c1-31(2,3)40(5,6)38-20-23-18-25(32)26(19-27(23)37-4)34-29(35)14-10-11-21-15-16-24(22-12-8-7-9-13-22)28(17-21)39-30(33)36/h7-9,12-13,15-19H,10-11,14,20H2,1-6H3,(H2,33,36)(H,34,35). The van der Waals surface area contributed by atoms with Gasteiger partial charge in [0.25, 0.3) is 0 Å². The van der Waals surface area contributed by atoms with E-state index in [1.165, 1.54) is 0 Å². The Hall–Kier alpha value is -3.33. The minimum absolute atomic E-state index is 0.0817. The molecule has 0 heterocycles. The number of methoxy groups -OCH3 is 1. The zero-order valence-electron chi connectivity index (χ0n) is 24.1. The summed E-state index contributed by atoms with van der Waals surface area (Å²) in [6.45, 7) is 11.3. The van der Waals surface area contributed by atoms with Crippen LogP contribution in [0, 0.1) is 0 Å². The van der Waals surface area contributed by atoms with Crippen LogP contribution >= 0.6 is 11.6 Å². The van der Waals surface area contributed by atoms with Crippen LogP contribution in [-0.2, 0) is 22.2 Å². The van der Waals surface area contributed by atoms with Crippen molar-refractivity contribution in [1.29, 1.82) is 0 Å². The number of hydrogen-bond donors (Lipinski definition) is 2. The molecule has 0 aliphatic heterocycles. The smallest absolute Gasteiger partial charge is 0.409 e. The monoisotopic (exact) mass is 582 g/mol. The lowest BCUT2D eigenvalue weighted by Crippen LogP contribution is -2.40. The number of ether oxygens (including phenoxy) is 2. The third-order valence-electron chi connectivity index (χ3n) is 7.25. The van der Waals surface area contributed by atoms with Crippen LogP contribution in [0.2, 0.25) is 23.2 Å². The van der Waals surface area contributed by atoms with E-state index in [9.17, 15) is 9.59 Å². The molecule has 0 aliphatic carbocycles. The highest BCUT2D eigenvalue weighted by Crippen LogP contribution is 2.39. The molecule has 3 aromatic carbocycles. The Bertz CT molecular complexity index is 1340. The lowest BCUT2D eigenvalue weighted by Gasteiger charge is -2.36. The van der Waals surface area contributed by atoms with Crippen molar-refractivity contribution in [3.05, 3.63) is 76.8 Å². The van der Waals surface area contributed by atoms with Gasteiger partial charge in [-0.2, -0.15) is 0 Å². The normalized spacial score (nSPS) is 11.7. The number of aryl methyl sites for hydroxylation is 1. The van der Waals surface area contributed by atoms with Gasteiger partial charge < -0.3 is 25.0 Å². The number of nitrogens with one attached hydrogen (secondary N) is 1. The minimum atomic E-state index is -1.96. The van der Waals surface area contributed by atoms with Gasteiger partial charge in [0.2, 0.25) is 5.91 Å². The molecule has 0 saturated heterocycles. The van der Waals surface area contributed by atoms with Crippen LogP contribution in [0.1, 0.15) is 44.7 Å². The highest BCUT2D eigenvalue weighted by Gasteiger charge is 2.37. The first-order valence-electron chi connectivity index (χ1n) is 13.3. The Morgan fingerprint density at radius 3 is 2.33 bits per heavy atom. The van der Waals surface area contributed by atoms with E-state index in [1.54, 1.807) is 25.3 Å². The molecule has 0 fully saturated rings. The van der Waals surface area contributed by atoms with Crippen molar-refractivity contribution >= 4 is 37.6 Å². The highest BCUT2D eigenvalue weighted by atomic mass is 35.5. The summed E-state index contributed by atoms with van der Waals surface area (Å²) in [5.41, 5.74) is 9.22. The van der Waals surface area contributed by atoms with E-state index in [0.29, 0.717) is 41.7 Å². The van der Waals surface area contributed by atoms with Crippen LogP contribution in [0.25, 0.3) is 11.1 Å². The first-order chi connectivity index (χ1) is 18.8. The molecule has 0 bridgehead atoms. The molecule has 0 aliphatic rings. The van der Waals surface area contributed by atoms with Gasteiger partial charge in [0, 0.05) is 23.6 Å². The van der Waals surface area contributed by atoms with E-state index in [1.807, 2.05) is 42.5 Å². The fourth-order valence-electron chi connectivity index (χ4n) is 3.90. The lowest BCUT2D eigenvalue weighted by atomic mass is 10.00. The number of carbonyl (C=O) groups excluding carboxylic acids is 2. The summed E-state index contributed by atoms with van der Waals surface area (Å²) in [4.78, 5) is 24.2. The molecule has 3 N–H and O–H groups in total. The van der Waals surface area contributed by atoms with Gasteiger partial charge in [0.05, 0.1) is 24.4 Å². The van der Waals surface area contributed by atoms with Gasteiger partial charge in [-0.1, -0.05) is 74.8 Å².